The zero-order valence-electron chi connectivity index (χ0n) is 19.4. The predicted octanol–water partition coefficient (Wildman–Crippen LogP) is 5.69. The van der Waals surface area contributed by atoms with E-state index in [1.54, 1.807) is 14.0 Å². The van der Waals surface area contributed by atoms with E-state index < -0.39 is 0 Å². The third-order valence-corrected chi connectivity index (χ3v) is 6.48. The van der Waals surface area contributed by atoms with Gasteiger partial charge in [0.2, 0.25) is 5.91 Å². The number of rotatable bonds is 10. The molecule has 4 heteroatoms. The highest BCUT2D eigenvalue weighted by Crippen LogP contribution is 2.43. The lowest BCUT2D eigenvalue weighted by molar-refractivity contribution is -0.130. The van der Waals surface area contributed by atoms with E-state index in [0.717, 1.165) is 43.7 Å². The number of carbonyl (C=O) groups is 1. The van der Waals surface area contributed by atoms with E-state index in [9.17, 15) is 4.79 Å². The number of hydrogen-bond donors (Lipinski definition) is 0. The van der Waals surface area contributed by atoms with Crippen LogP contribution in [-0.2, 0) is 16.1 Å². The van der Waals surface area contributed by atoms with Crippen LogP contribution in [0.1, 0.15) is 72.3 Å². The second kappa shape index (κ2) is 11.0. The molecule has 2 atom stereocenters. The zero-order chi connectivity index (χ0) is 21.4. The second-order valence-corrected chi connectivity index (χ2v) is 9.58. The molecule has 0 spiro atoms. The van der Waals surface area contributed by atoms with Crippen molar-refractivity contribution in [2.75, 3.05) is 20.3 Å². The maximum absolute atomic E-state index is 12.4. The molecule has 29 heavy (non-hydrogen) atoms. The van der Waals surface area contributed by atoms with Gasteiger partial charge in [-0.05, 0) is 60.6 Å². The molecule has 0 aromatic heterocycles. The standard InChI is InChI=1S/C25H41NO3/c1-19(2)11-12-25(14-16-29-24(17-25)20(3)4)13-15-26(21(5)27)18-22-7-9-23(28-6)10-8-22/h7-10,19-20,24H,11-18H2,1-6H3/t24-,25+/m0/s1. The molecule has 1 aromatic carbocycles. The first-order chi connectivity index (χ1) is 13.7. The molecule has 4 nitrogen and oxygen atoms in total. The normalized spacial score (nSPS) is 22.1. The number of amides is 1. The van der Waals surface area contributed by atoms with Gasteiger partial charge in [0.1, 0.15) is 5.75 Å². The van der Waals surface area contributed by atoms with Crippen LogP contribution in [0.5, 0.6) is 5.75 Å². The van der Waals surface area contributed by atoms with E-state index in [1.807, 2.05) is 29.2 Å². The largest absolute Gasteiger partial charge is 0.497 e. The first-order valence-electron chi connectivity index (χ1n) is 11.2. The molecule has 1 saturated heterocycles. The van der Waals surface area contributed by atoms with E-state index >= 15 is 0 Å². The molecule has 0 saturated carbocycles. The quantitative estimate of drug-likeness (QED) is 0.504. The summed E-state index contributed by atoms with van der Waals surface area (Å²) in [6.45, 7) is 13.1. The molecular formula is C25H41NO3. The number of benzene rings is 1. The van der Waals surface area contributed by atoms with E-state index in [4.69, 9.17) is 9.47 Å². The van der Waals surface area contributed by atoms with Crippen LogP contribution in [0, 0.1) is 17.3 Å². The van der Waals surface area contributed by atoms with Gasteiger partial charge in [-0.25, -0.2) is 0 Å². The zero-order valence-corrected chi connectivity index (χ0v) is 19.4. The van der Waals surface area contributed by atoms with Crippen molar-refractivity contribution in [2.45, 2.75) is 79.4 Å². The van der Waals surface area contributed by atoms with E-state index in [-0.39, 0.29) is 11.3 Å². The van der Waals surface area contributed by atoms with Crippen molar-refractivity contribution in [3.8, 4) is 5.75 Å². The van der Waals surface area contributed by atoms with Gasteiger partial charge in [-0.1, -0.05) is 46.2 Å². The van der Waals surface area contributed by atoms with Gasteiger partial charge in [0, 0.05) is 26.6 Å². The number of hydrogen-bond acceptors (Lipinski definition) is 3. The van der Waals surface area contributed by atoms with E-state index in [0.29, 0.717) is 24.5 Å². The fraction of sp³-hybridized carbons (Fsp3) is 0.720. The summed E-state index contributed by atoms with van der Waals surface area (Å²) in [6, 6.07) is 8.02. The summed E-state index contributed by atoms with van der Waals surface area (Å²) in [4.78, 5) is 14.4. The van der Waals surface area contributed by atoms with Crippen molar-refractivity contribution in [3.63, 3.8) is 0 Å². The van der Waals surface area contributed by atoms with Crippen molar-refractivity contribution in [2.24, 2.45) is 17.3 Å². The molecule has 2 rings (SSSR count). The fourth-order valence-electron chi connectivity index (χ4n) is 4.29. The fourth-order valence-corrected chi connectivity index (χ4v) is 4.29. The molecule has 0 unspecified atom stereocenters. The van der Waals surface area contributed by atoms with Gasteiger partial charge in [0.05, 0.1) is 13.2 Å². The van der Waals surface area contributed by atoms with Gasteiger partial charge in [-0.15, -0.1) is 0 Å². The smallest absolute Gasteiger partial charge is 0.219 e. The lowest BCUT2D eigenvalue weighted by atomic mass is 9.69. The van der Waals surface area contributed by atoms with Crippen LogP contribution in [0.25, 0.3) is 0 Å². The van der Waals surface area contributed by atoms with Crippen LogP contribution in [-0.4, -0.2) is 37.2 Å². The van der Waals surface area contributed by atoms with E-state index in [2.05, 4.69) is 27.7 Å². The first-order valence-corrected chi connectivity index (χ1v) is 11.2. The van der Waals surface area contributed by atoms with E-state index in [1.165, 1.54) is 12.8 Å². The van der Waals surface area contributed by atoms with Crippen LogP contribution in [0.3, 0.4) is 0 Å². The Morgan fingerprint density at radius 3 is 2.45 bits per heavy atom. The van der Waals surface area contributed by atoms with Crippen molar-refractivity contribution >= 4 is 5.91 Å². The average Bonchev–Trinajstić information content (AvgIpc) is 2.70. The van der Waals surface area contributed by atoms with Gasteiger partial charge >= 0.3 is 0 Å². The van der Waals surface area contributed by atoms with Gasteiger partial charge in [0.25, 0.3) is 0 Å². The maximum atomic E-state index is 12.4. The Bertz CT molecular complexity index is 625. The average molecular weight is 404 g/mol. The molecule has 164 valence electrons. The molecule has 1 heterocycles. The topological polar surface area (TPSA) is 38.8 Å². The van der Waals surface area contributed by atoms with Crippen LogP contribution >= 0.6 is 0 Å². The highest BCUT2D eigenvalue weighted by atomic mass is 16.5. The molecule has 0 bridgehead atoms. The number of methoxy groups -OCH3 is 1. The molecule has 1 aliphatic heterocycles. The third kappa shape index (κ3) is 7.33. The minimum absolute atomic E-state index is 0.146. The van der Waals surface area contributed by atoms with Crippen molar-refractivity contribution in [1.82, 2.24) is 4.90 Å². The molecule has 1 aliphatic rings. The summed E-state index contributed by atoms with van der Waals surface area (Å²) in [5, 5.41) is 0. The third-order valence-electron chi connectivity index (χ3n) is 6.48. The van der Waals surface area contributed by atoms with Crippen LogP contribution in [0.4, 0.5) is 0 Å². The number of nitrogens with zero attached hydrogens (tertiary/aromatic N) is 1. The molecule has 0 radical (unpaired) electrons. The summed E-state index contributed by atoms with van der Waals surface area (Å²) in [7, 11) is 1.67. The maximum Gasteiger partial charge on any atom is 0.219 e. The SMILES string of the molecule is COc1ccc(CN(CC[C@]2(CCC(C)C)CCO[C@H](C(C)C)C2)C(C)=O)cc1. The van der Waals surface area contributed by atoms with Gasteiger partial charge in [0.15, 0.2) is 0 Å². The van der Waals surface area contributed by atoms with Crippen molar-refractivity contribution < 1.29 is 14.3 Å². The summed E-state index contributed by atoms with van der Waals surface area (Å²) in [5.41, 5.74) is 1.43. The molecule has 1 fully saturated rings. The van der Waals surface area contributed by atoms with Crippen LogP contribution < -0.4 is 4.74 Å². The lowest BCUT2D eigenvalue weighted by Gasteiger charge is -2.44. The Kier molecular flexibility index (Phi) is 9.01. The van der Waals surface area contributed by atoms with Crippen LogP contribution in [0.2, 0.25) is 0 Å². The minimum atomic E-state index is 0.146. The highest BCUT2D eigenvalue weighted by Gasteiger charge is 2.38. The Labute approximate surface area is 178 Å². The van der Waals surface area contributed by atoms with Gasteiger partial charge < -0.3 is 14.4 Å². The summed E-state index contributed by atoms with van der Waals surface area (Å²) < 4.78 is 11.3. The second-order valence-electron chi connectivity index (χ2n) is 9.58. The van der Waals surface area contributed by atoms with Crippen molar-refractivity contribution in [3.05, 3.63) is 29.8 Å². The molecule has 0 N–H and O–H groups in total. The Balaban J connectivity index is 2.07. The van der Waals surface area contributed by atoms with Gasteiger partial charge in [-0.2, -0.15) is 0 Å². The Morgan fingerprint density at radius 2 is 1.90 bits per heavy atom. The van der Waals surface area contributed by atoms with Crippen molar-refractivity contribution in [1.29, 1.82) is 0 Å². The molecule has 1 aromatic rings. The molecular weight excluding hydrogens is 362 g/mol. The number of carbonyl (C=O) groups excluding carboxylic acids is 1. The van der Waals surface area contributed by atoms with Gasteiger partial charge in [-0.3, -0.25) is 4.79 Å². The summed E-state index contributed by atoms with van der Waals surface area (Å²) in [6.07, 6.45) is 6.09. The predicted molar refractivity (Wildman–Crippen MR) is 119 cm³/mol. The Morgan fingerprint density at radius 1 is 1.21 bits per heavy atom. The molecule has 0 aliphatic carbocycles. The summed E-state index contributed by atoms with van der Waals surface area (Å²) in [5.74, 6) is 2.23. The first kappa shape index (κ1) is 23.7. The monoisotopic (exact) mass is 403 g/mol. The molecule has 1 amide bonds. The number of ether oxygens (including phenoxy) is 2. The van der Waals surface area contributed by atoms with Crippen LogP contribution in [0.15, 0.2) is 24.3 Å². The summed E-state index contributed by atoms with van der Waals surface area (Å²) >= 11 is 0. The lowest BCUT2D eigenvalue weighted by Crippen LogP contribution is -2.41. The highest BCUT2D eigenvalue weighted by molar-refractivity contribution is 5.73. The Hall–Kier alpha value is -1.55. The minimum Gasteiger partial charge on any atom is -0.497 e.